The third kappa shape index (κ3) is 2.99. The maximum absolute atomic E-state index is 11.5. The van der Waals surface area contributed by atoms with Gasteiger partial charge in [-0.3, -0.25) is 9.78 Å². The van der Waals surface area contributed by atoms with Crippen LogP contribution < -0.4 is 11.1 Å². The van der Waals surface area contributed by atoms with Gasteiger partial charge in [0.15, 0.2) is 0 Å². The van der Waals surface area contributed by atoms with Crippen molar-refractivity contribution in [2.45, 2.75) is 6.92 Å². The lowest BCUT2D eigenvalue weighted by atomic mass is 10.1. The van der Waals surface area contributed by atoms with Crippen LogP contribution in [-0.4, -0.2) is 27.0 Å². The van der Waals surface area contributed by atoms with Crippen molar-refractivity contribution in [1.82, 2.24) is 9.97 Å². The van der Waals surface area contributed by atoms with Crippen molar-refractivity contribution in [1.29, 1.82) is 0 Å². The number of fused-ring (bicyclic) bond motifs is 3. The number of primary amides is 1. The van der Waals surface area contributed by atoms with Gasteiger partial charge in [0.05, 0.1) is 11.1 Å². The number of pyridine rings is 2. The summed E-state index contributed by atoms with van der Waals surface area (Å²) >= 11 is 0. The van der Waals surface area contributed by atoms with E-state index in [2.05, 4.69) is 15.3 Å². The highest BCUT2D eigenvalue weighted by molar-refractivity contribution is 6.11. The van der Waals surface area contributed by atoms with E-state index in [1.54, 1.807) is 42.7 Å². The number of aryl methyl sites for hydroxylation is 1. The Morgan fingerprint density at radius 3 is 2.54 bits per heavy atom. The summed E-state index contributed by atoms with van der Waals surface area (Å²) < 4.78 is 0. The Morgan fingerprint density at radius 2 is 1.79 bits per heavy atom. The van der Waals surface area contributed by atoms with E-state index in [9.17, 15) is 14.7 Å². The fourth-order valence-electron chi connectivity index (χ4n) is 3.11. The monoisotopic (exact) mass is 372 g/mol. The highest BCUT2D eigenvalue weighted by Crippen LogP contribution is 2.32. The zero-order chi connectivity index (χ0) is 19.8. The first-order valence-corrected chi connectivity index (χ1v) is 8.52. The predicted octanol–water partition coefficient (Wildman–Crippen LogP) is 3.63. The van der Waals surface area contributed by atoms with Crippen LogP contribution in [0.2, 0.25) is 0 Å². The molecule has 0 bridgehead atoms. The van der Waals surface area contributed by atoms with E-state index in [1.807, 2.05) is 13.0 Å². The Labute approximate surface area is 159 Å². The summed E-state index contributed by atoms with van der Waals surface area (Å²) in [5, 5.41) is 15.0. The Kier molecular flexibility index (Phi) is 4.12. The lowest BCUT2D eigenvalue weighted by molar-refractivity contribution is 0.0696. The molecule has 7 nitrogen and oxygen atoms in total. The molecule has 7 heteroatoms. The molecule has 2 aromatic heterocycles. The molecule has 0 radical (unpaired) electrons. The number of carbonyl (C=O) groups excluding carboxylic acids is 1. The number of nitrogens with one attached hydrogen (secondary N) is 1. The second-order valence-electron chi connectivity index (χ2n) is 6.44. The number of benzene rings is 2. The van der Waals surface area contributed by atoms with Crippen LogP contribution in [0.3, 0.4) is 0 Å². The minimum Gasteiger partial charge on any atom is -0.478 e. The molecule has 0 saturated carbocycles. The van der Waals surface area contributed by atoms with Crippen molar-refractivity contribution < 1.29 is 14.7 Å². The van der Waals surface area contributed by atoms with Crippen LogP contribution in [0.5, 0.6) is 0 Å². The van der Waals surface area contributed by atoms with Gasteiger partial charge in [-0.1, -0.05) is 12.1 Å². The number of nitrogens with zero attached hydrogens (tertiary/aromatic N) is 2. The third-order valence-electron chi connectivity index (χ3n) is 4.62. The van der Waals surface area contributed by atoms with Crippen LogP contribution in [0, 0.1) is 6.92 Å². The molecule has 0 fully saturated rings. The summed E-state index contributed by atoms with van der Waals surface area (Å²) in [5.74, 6) is -0.999. The zero-order valence-corrected chi connectivity index (χ0v) is 14.9. The second-order valence-corrected chi connectivity index (χ2v) is 6.44. The highest BCUT2D eigenvalue weighted by Gasteiger charge is 2.13. The first kappa shape index (κ1) is 17.4. The minimum atomic E-state index is -1.02. The lowest BCUT2D eigenvalue weighted by Crippen LogP contribution is -2.11. The zero-order valence-electron chi connectivity index (χ0n) is 14.9. The predicted molar refractivity (Wildman–Crippen MR) is 107 cm³/mol. The highest BCUT2D eigenvalue weighted by atomic mass is 16.4. The normalized spacial score (nSPS) is 10.9. The van der Waals surface area contributed by atoms with Crippen LogP contribution >= 0.6 is 0 Å². The number of hydrogen-bond donors (Lipinski definition) is 3. The van der Waals surface area contributed by atoms with Gasteiger partial charge in [-0.05, 0) is 42.8 Å². The average molecular weight is 372 g/mol. The molecule has 4 N–H and O–H groups in total. The molecule has 0 unspecified atom stereocenters. The fourth-order valence-corrected chi connectivity index (χ4v) is 3.11. The molecular formula is C21H16N4O3. The number of aromatic nitrogens is 2. The SMILES string of the molecule is Cc1ccc(C(N)=O)cc1Nc1nc2cc(C(=O)O)ccc2c2cnccc12. The molecule has 0 saturated heterocycles. The number of aromatic carboxylic acids is 1. The van der Waals surface area contributed by atoms with E-state index in [4.69, 9.17) is 5.73 Å². The maximum atomic E-state index is 11.5. The van der Waals surface area contributed by atoms with E-state index < -0.39 is 11.9 Å². The van der Waals surface area contributed by atoms with Crippen molar-refractivity contribution in [2.75, 3.05) is 5.32 Å². The summed E-state index contributed by atoms with van der Waals surface area (Å²) in [5.41, 5.74) is 8.06. The van der Waals surface area contributed by atoms with Crippen molar-refractivity contribution in [3.05, 3.63) is 71.5 Å². The number of hydrogen-bond acceptors (Lipinski definition) is 5. The van der Waals surface area contributed by atoms with E-state index in [0.717, 1.165) is 21.7 Å². The molecule has 0 aliphatic heterocycles. The number of rotatable bonds is 4. The van der Waals surface area contributed by atoms with E-state index in [0.29, 0.717) is 22.6 Å². The molecule has 1 amide bonds. The molecular weight excluding hydrogens is 356 g/mol. The van der Waals surface area contributed by atoms with Crippen LogP contribution in [0.25, 0.3) is 21.7 Å². The standard InChI is InChI=1S/C21H16N4O3/c1-11-2-3-12(19(22)26)8-17(11)24-20-15-6-7-23-10-16(15)14-5-4-13(21(27)28)9-18(14)25-20/h2-10H,1H3,(H2,22,26)(H,24,25)(H,27,28). The first-order valence-electron chi connectivity index (χ1n) is 8.52. The molecule has 0 spiro atoms. The molecule has 0 aliphatic carbocycles. The summed E-state index contributed by atoms with van der Waals surface area (Å²) in [6.07, 6.45) is 3.39. The Balaban J connectivity index is 1.94. The van der Waals surface area contributed by atoms with Gasteiger partial charge >= 0.3 is 5.97 Å². The largest absolute Gasteiger partial charge is 0.478 e. The summed E-state index contributed by atoms with van der Waals surface area (Å²) in [7, 11) is 0. The van der Waals surface area contributed by atoms with Gasteiger partial charge in [-0.2, -0.15) is 0 Å². The van der Waals surface area contributed by atoms with Gasteiger partial charge in [0.25, 0.3) is 0 Å². The van der Waals surface area contributed by atoms with Crippen LogP contribution in [0.15, 0.2) is 54.9 Å². The molecule has 28 heavy (non-hydrogen) atoms. The number of carboxylic acid groups (broad SMARTS) is 1. The number of carbonyl (C=O) groups is 2. The molecule has 138 valence electrons. The molecule has 4 rings (SSSR count). The maximum Gasteiger partial charge on any atom is 0.335 e. The molecule has 0 atom stereocenters. The van der Waals surface area contributed by atoms with E-state index in [1.165, 1.54) is 6.07 Å². The lowest BCUT2D eigenvalue weighted by Gasteiger charge is -2.14. The van der Waals surface area contributed by atoms with Crippen LogP contribution in [0.4, 0.5) is 11.5 Å². The summed E-state index contributed by atoms with van der Waals surface area (Å²) in [6, 6.07) is 11.8. The number of anilines is 2. The summed E-state index contributed by atoms with van der Waals surface area (Å²) in [6.45, 7) is 1.90. The average Bonchev–Trinajstić information content (AvgIpc) is 2.69. The van der Waals surface area contributed by atoms with Crippen LogP contribution in [-0.2, 0) is 0 Å². The van der Waals surface area contributed by atoms with E-state index >= 15 is 0 Å². The smallest absolute Gasteiger partial charge is 0.335 e. The quantitative estimate of drug-likeness (QED) is 0.471. The van der Waals surface area contributed by atoms with Crippen molar-refractivity contribution in [2.24, 2.45) is 5.73 Å². The van der Waals surface area contributed by atoms with Crippen LogP contribution in [0.1, 0.15) is 26.3 Å². The third-order valence-corrected chi connectivity index (χ3v) is 4.62. The van der Waals surface area contributed by atoms with Gasteiger partial charge in [0.2, 0.25) is 5.91 Å². The fraction of sp³-hybridized carbons (Fsp3) is 0.0476. The Hall–Kier alpha value is -4.00. The molecule has 2 aromatic carbocycles. The Bertz CT molecular complexity index is 1270. The van der Waals surface area contributed by atoms with Gasteiger partial charge < -0.3 is 16.2 Å². The number of carboxylic acids is 1. The minimum absolute atomic E-state index is 0.154. The second kappa shape index (κ2) is 6.62. The van der Waals surface area contributed by atoms with E-state index in [-0.39, 0.29) is 5.56 Å². The first-order chi connectivity index (χ1) is 13.4. The van der Waals surface area contributed by atoms with Gasteiger partial charge in [-0.25, -0.2) is 9.78 Å². The topological polar surface area (TPSA) is 118 Å². The Morgan fingerprint density at radius 1 is 1.00 bits per heavy atom. The van der Waals surface area contributed by atoms with Gasteiger partial charge in [-0.15, -0.1) is 0 Å². The molecule has 4 aromatic rings. The van der Waals surface area contributed by atoms with Gasteiger partial charge in [0, 0.05) is 39.8 Å². The van der Waals surface area contributed by atoms with Crippen molar-refractivity contribution in [3.63, 3.8) is 0 Å². The van der Waals surface area contributed by atoms with Gasteiger partial charge in [0.1, 0.15) is 5.82 Å². The van der Waals surface area contributed by atoms with Crippen molar-refractivity contribution >= 4 is 45.1 Å². The number of nitrogens with two attached hydrogens (primary N) is 1. The van der Waals surface area contributed by atoms with Crippen molar-refractivity contribution in [3.8, 4) is 0 Å². The summed E-state index contributed by atoms with van der Waals surface area (Å²) in [4.78, 5) is 31.7. The molecule has 0 aliphatic rings. The molecule has 2 heterocycles. The number of amides is 1.